The van der Waals surface area contributed by atoms with Gasteiger partial charge in [0, 0.05) is 15.8 Å². The van der Waals surface area contributed by atoms with Crippen LogP contribution in [-0.2, 0) is 0 Å². The number of amides is 1. The van der Waals surface area contributed by atoms with Gasteiger partial charge in [-0.15, -0.1) is 0 Å². The molecule has 5 heteroatoms. The van der Waals surface area contributed by atoms with E-state index in [1.807, 2.05) is 0 Å². The first kappa shape index (κ1) is 13.4. The molecule has 0 unspecified atom stereocenters. The molecule has 4 nitrogen and oxygen atoms in total. The molecule has 2 aromatic carbocycles. The molecule has 0 radical (unpaired) electrons. The smallest absolute Gasteiger partial charge is 0.259 e. The van der Waals surface area contributed by atoms with Crippen molar-refractivity contribution >= 4 is 33.2 Å². The summed E-state index contributed by atoms with van der Waals surface area (Å²) >= 11 is 3.34. The molecule has 0 aliphatic rings. The number of rotatable bonds is 3. The van der Waals surface area contributed by atoms with Gasteiger partial charge in [0.1, 0.15) is 5.75 Å². The van der Waals surface area contributed by atoms with E-state index in [1.165, 1.54) is 7.11 Å². The van der Waals surface area contributed by atoms with Crippen LogP contribution < -0.4 is 15.8 Å². The Balaban J connectivity index is 2.22. The van der Waals surface area contributed by atoms with E-state index in [-0.39, 0.29) is 5.91 Å². The van der Waals surface area contributed by atoms with E-state index in [9.17, 15) is 4.79 Å². The first-order valence-corrected chi connectivity index (χ1v) is 6.40. The zero-order valence-electron chi connectivity index (χ0n) is 10.3. The van der Waals surface area contributed by atoms with Gasteiger partial charge in [-0.1, -0.05) is 15.9 Å². The van der Waals surface area contributed by atoms with E-state index in [1.54, 1.807) is 42.5 Å². The van der Waals surface area contributed by atoms with Crippen molar-refractivity contribution in [1.82, 2.24) is 0 Å². The van der Waals surface area contributed by atoms with Crippen LogP contribution in [0.1, 0.15) is 10.4 Å². The maximum Gasteiger partial charge on any atom is 0.259 e. The number of halogens is 1. The van der Waals surface area contributed by atoms with Gasteiger partial charge in [0.25, 0.3) is 5.91 Å². The van der Waals surface area contributed by atoms with E-state index in [0.29, 0.717) is 22.7 Å². The third-order valence-corrected chi connectivity index (χ3v) is 3.07. The molecule has 0 saturated heterocycles. The Morgan fingerprint density at radius 2 is 1.89 bits per heavy atom. The van der Waals surface area contributed by atoms with Crippen LogP contribution in [0.25, 0.3) is 0 Å². The fourth-order valence-corrected chi connectivity index (χ4v) is 1.96. The van der Waals surface area contributed by atoms with E-state index >= 15 is 0 Å². The van der Waals surface area contributed by atoms with E-state index in [4.69, 9.17) is 10.5 Å². The van der Waals surface area contributed by atoms with Crippen LogP contribution in [0.5, 0.6) is 5.75 Å². The molecule has 0 spiro atoms. The molecule has 0 aliphatic carbocycles. The summed E-state index contributed by atoms with van der Waals surface area (Å²) in [5.41, 5.74) is 7.40. The number of carbonyl (C=O) groups excluding carboxylic acids is 1. The molecular formula is C14H13BrN2O2. The Morgan fingerprint density at radius 3 is 2.53 bits per heavy atom. The minimum atomic E-state index is -0.228. The fourth-order valence-electron chi connectivity index (χ4n) is 1.62. The van der Waals surface area contributed by atoms with Crippen molar-refractivity contribution in [1.29, 1.82) is 0 Å². The molecule has 1 amide bonds. The highest BCUT2D eigenvalue weighted by atomic mass is 79.9. The maximum atomic E-state index is 12.2. The predicted molar refractivity (Wildman–Crippen MR) is 79.5 cm³/mol. The average molecular weight is 321 g/mol. The Bertz CT molecular complexity index is 597. The Hall–Kier alpha value is -2.01. The summed E-state index contributed by atoms with van der Waals surface area (Å²) in [6.45, 7) is 0. The third-order valence-electron chi connectivity index (χ3n) is 2.58. The number of ether oxygens (including phenoxy) is 1. The molecule has 2 aromatic rings. The quantitative estimate of drug-likeness (QED) is 0.853. The van der Waals surface area contributed by atoms with Crippen LogP contribution in [0.15, 0.2) is 46.9 Å². The summed E-state index contributed by atoms with van der Waals surface area (Å²) in [5, 5.41) is 2.79. The van der Waals surface area contributed by atoms with Gasteiger partial charge >= 0.3 is 0 Å². The number of nitrogen functional groups attached to an aromatic ring is 1. The molecule has 19 heavy (non-hydrogen) atoms. The van der Waals surface area contributed by atoms with E-state index < -0.39 is 0 Å². The number of carbonyl (C=O) groups is 1. The van der Waals surface area contributed by atoms with Gasteiger partial charge in [-0.25, -0.2) is 0 Å². The van der Waals surface area contributed by atoms with Crippen LogP contribution in [0.2, 0.25) is 0 Å². The van der Waals surface area contributed by atoms with Gasteiger partial charge in [0.05, 0.1) is 12.7 Å². The Labute approximate surface area is 119 Å². The molecule has 0 aliphatic heterocycles. The summed E-state index contributed by atoms with van der Waals surface area (Å²) in [6.07, 6.45) is 0. The average Bonchev–Trinajstić information content (AvgIpc) is 2.41. The number of anilines is 2. The molecule has 0 aromatic heterocycles. The lowest BCUT2D eigenvalue weighted by molar-refractivity contribution is 0.102. The highest BCUT2D eigenvalue weighted by Crippen LogP contribution is 2.24. The third kappa shape index (κ3) is 3.26. The number of nitrogens with one attached hydrogen (secondary N) is 1. The van der Waals surface area contributed by atoms with Gasteiger partial charge in [-0.3, -0.25) is 4.79 Å². The van der Waals surface area contributed by atoms with E-state index in [2.05, 4.69) is 21.2 Å². The number of benzene rings is 2. The van der Waals surface area contributed by atoms with Gasteiger partial charge in [0.15, 0.2) is 0 Å². The molecule has 3 N–H and O–H groups in total. The second kappa shape index (κ2) is 5.75. The molecule has 2 rings (SSSR count). The molecular weight excluding hydrogens is 308 g/mol. The van der Waals surface area contributed by atoms with Crippen molar-refractivity contribution in [3.63, 3.8) is 0 Å². The summed E-state index contributed by atoms with van der Waals surface area (Å²) < 4.78 is 6.05. The number of methoxy groups -OCH3 is 1. The predicted octanol–water partition coefficient (Wildman–Crippen LogP) is 3.29. The van der Waals surface area contributed by atoms with Gasteiger partial charge in [-0.2, -0.15) is 0 Å². The summed E-state index contributed by atoms with van der Waals surface area (Å²) in [4.78, 5) is 12.2. The van der Waals surface area contributed by atoms with Crippen molar-refractivity contribution in [3.8, 4) is 5.75 Å². The van der Waals surface area contributed by atoms with Crippen molar-refractivity contribution in [2.75, 3.05) is 18.2 Å². The zero-order valence-corrected chi connectivity index (χ0v) is 11.9. The van der Waals surface area contributed by atoms with Crippen LogP contribution in [-0.4, -0.2) is 13.0 Å². The number of nitrogens with two attached hydrogens (primary N) is 1. The highest BCUT2D eigenvalue weighted by Gasteiger charge is 2.12. The first-order valence-electron chi connectivity index (χ1n) is 5.60. The summed E-state index contributed by atoms with van der Waals surface area (Å²) in [7, 11) is 1.53. The molecule has 0 saturated carbocycles. The molecule has 0 fully saturated rings. The van der Waals surface area contributed by atoms with Crippen LogP contribution in [0.3, 0.4) is 0 Å². The lowest BCUT2D eigenvalue weighted by Crippen LogP contribution is -2.13. The molecule has 0 atom stereocenters. The summed E-state index contributed by atoms with van der Waals surface area (Å²) in [5.74, 6) is 0.288. The number of hydrogen-bond donors (Lipinski definition) is 2. The maximum absolute atomic E-state index is 12.2. The van der Waals surface area contributed by atoms with Crippen molar-refractivity contribution in [2.45, 2.75) is 0 Å². The van der Waals surface area contributed by atoms with Crippen molar-refractivity contribution < 1.29 is 9.53 Å². The van der Waals surface area contributed by atoms with Gasteiger partial charge in [-0.05, 0) is 42.5 Å². The second-order valence-corrected chi connectivity index (χ2v) is 4.84. The first-order chi connectivity index (χ1) is 9.10. The lowest BCUT2D eigenvalue weighted by atomic mass is 10.2. The SMILES string of the molecule is COc1cc(Br)ccc1C(=O)Nc1ccc(N)cc1. The Kier molecular flexibility index (Phi) is 4.06. The highest BCUT2D eigenvalue weighted by molar-refractivity contribution is 9.10. The van der Waals surface area contributed by atoms with E-state index in [0.717, 1.165) is 4.47 Å². The van der Waals surface area contributed by atoms with Crippen LogP contribution in [0, 0.1) is 0 Å². The second-order valence-electron chi connectivity index (χ2n) is 3.92. The largest absolute Gasteiger partial charge is 0.496 e. The van der Waals surface area contributed by atoms with Crippen molar-refractivity contribution in [2.24, 2.45) is 0 Å². The molecule has 98 valence electrons. The normalized spacial score (nSPS) is 10.0. The monoisotopic (exact) mass is 320 g/mol. The molecule has 0 heterocycles. The minimum absolute atomic E-state index is 0.228. The topological polar surface area (TPSA) is 64.3 Å². The lowest BCUT2D eigenvalue weighted by Gasteiger charge is -2.10. The van der Waals surface area contributed by atoms with Gasteiger partial charge < -0.3 is 15.8 Å². The van der Waals surface area contributed by atoms with Gasteiger partial charge in [0.2, 0.25) is 0 Å². The summed E-state index contributed by atoms with van der Waals surface area (Å²) in [6, 6.07) is 12.2. The minimum Gasteiger partial charge on any atom is -0.496 e. The Morgan fingerprint density at radius 1 is 1.21 bits per heavy atom. The van der Waals surface area contributed by atoms with Crippen molar-refractivity contribution in [3.05, 3.63) is 52.5 Å². The standard InChI is InChI=1S/C14H13BrN2O2/c1-19-13-8-9(15)2-7-12(13)14(18)17-11-5-3-10(16)4-6-11/h2-8H,16H2,1H3,(H,17,18). The zero-order chi connectivity index (χ0) is 13.8. The number of hydrogen-bond acceptors (Lipinski definition) is 3. The molecule has 0 bridgehead atoms. The van der Waals surface area contributed by atoms with Crippen LogP contribution >= 0.6 is 15.9 Å². The van der Waals surface area contributed by atoms with Crippen LogP contribution in [0.4, 0.5) is 11.4 Å². The fraction of sp³-hybridized carbons (Fsp3) is 0.0714.